The maximum atomic E-state index is 12.1. The Morgan fingerprint density at radius 1 is 1.61 bits per heavy atom. The van der Waals surface area contributed by atoms with Crippen LogP contribution in [0.4, 0.5) is 5.00 Å². The molecule has 1 aliphatic rings. The number of nitrogens with zero attached hydrogens (tertiary/aromatic N) is 1. The third-order valence-electron chi connectivity index (χ3n) is 3.57. The monoisotopic (exact) mass is 263 g/mol. The molecule has 1 aliphatic carbocycles. The van der Waals surface area contributed by atoms with Crippen molar-refractivity contribution in [2.24, 2.45) is 11.7 Å². The number of hydrogen-bond donors (Lipinski definition) is 2. The van der Waals surface area contributed by atoms with Crippen LogP contribution in [0.3, 0.4) is 0 Å². The van der Waals surface area contributed by atoms with Gasteiger partial charge in [0.15, 0.2) is 0 Å². The molecule has 1 amide bonds. The third-order valence-corrected chi connectivity index (χ3v) is 4.50. The van der Waals surface area contributed by atoms with Gasteiger partial charge in [0, 0.05) is 5.92 Å². The Balaban J connectivity index is 1.93. The van der Waals surface area contributed by atoms with Crippen LogP contribution in [0.1, 0.15) is 31.2 Å². The number of hydrogen-bond acceptors (Lipinski definition) is 4. The molecule has 0 saturated heterocycles. The van der Waals surface area contributed by atoms with Crippen molar-refractivity contribution in [1.29, 1.82) is 5.26 Å². The van der Waals surface area contributed by atoms with Crippen LogP contribution >= 0.6 is 11.3 Å². The molecule has 0 aromatic carbocycles. The van der Waals surface area contributed by atoms with Crippen molar-refractivity contribution in [2.45, 2.75) is 38.1 Å². The second kappa shape index (κ2) is 5.09. The Bertz CT molecular complexity index is 481. The van der Waals surface area contributed by atoms with Crippen LogP contribution in [0.25, 0.3) is 0 Å². The number of anilines is 1. The topological polar surface area (TPSA) is 78.9 Å². The lowest BCUT2D eigenvalue weighted by atomic mass is 9.77. The Morgan fingerprint density at radius 3 is 2.78 bits per heavy atom. The number of rotatable bonds is 2. The minimum Gasteiger partial charge on any atom is -0.317 e. The summed E-state index contributed by atoms with van der Waals surface area (Å²) in [4.78, 5) is 12.1. The molecular weight excluding hydrogens is 246 g/mol. The molecule has 0 spiro atoms. The molecule has 1 fully saturated rings. The van der Waals surface area contributed by atoms with Gasteiger partial charge in [-0.1, -0.05) is 0 Å². The molecule has 96 valence electrons. The lowest BCUT2D eigenvalue weighted by Gasteiger charge is -2.30. The summed E-state index contributed by atoms with van der Waals surface area (Å²) < 4.78 is 0. The molecule has 0 atom stereocenters. The smallest absolute Gasteiger partial charge is 0.228 e. The van der Waals surface area contributed by atoms with Crippen molar-refractivity contribution >= 4 is 22.2 Å². The van der Waals surface area contributed by atoms with Crippen LogP contribution in [0, 0.1) is 24.2 Å². The molecule has 18 heavy (non-hydrogen) atoms. The second-order valence-corrected chi connectivity index (χ2v) is 5.88. The summed E-state index contributed by atoms with van der Waals surface area (Å²) in [6.07, 6.45) is 2.59. The number of carbonyl (C=O) groups is 1. The standard InChI is InChI=1S/C13H17N3OS/c1-9-4-7-18-12(9)16-11(17)10-2-5-13(15,8-14)6-3-10/h4,7,10H,2-3,5-6,15H2,1H3,(H,16,17). The number of amides is 1. The van der Waals surface area contributed by atoms with Gasteiger partial charge in [0.25, 0.3) is 0 Å². The Kier molecular flexibility index (Phi) is 3.69. The first-order chi connectivity index (χ1) is 8.54. The summed E-state index contributed by atoms with van der Waals surface area (Å²) in [5.41, 5.74) is 6.26. The van der Waals surface area contributed by atoms with E-state index in [1.807, 2.05) is 18.4 Å². The van der Waals surface area contributed by atoms with Gasteiger partial charge >= 0.3 is 0 Å². The first-order valence-electron chi connectivity index (χ1n) is 6.09. The highest BCUT2D eigenvalue weighted by atomic mass is 32.1. The van der Waals surface area contributed by atoms with Crippen LogP contribution < -0.4 is 11.1 Å². The van der Waals surface area contributed by atoms with Crippen LogP contribution in [-0.4, -0.2) is 11.4 Å². The van der Waals surface area contributed by atoms with E-state index in [1.54, 1.807) is 0 Å². The van der Waals surface area contributed by atoms with Crippen molar-refractivity contribution in [3.63, 3.8) is 0 Å². The highest BCUT2D eigenvalue weighted by Gasteiger charge is 2.34. The van der Waals surface area contributed by atoms with Crippen LogP contribution in [0.2, 0.25) is 0 Å². The summed E-state index contributed by atoms with van der Waals surface area (Å²) in [5.74, 6) is 0.0389. The van der Waals surface area contributed by atoms with E-state index in [4.69, 9.17) is 11.0 Å². The molecule has 5 heteroatoms. The summed E-state index contributed by atoms with van der Waals surface area (Å²) in [5, 5.41) is 14.8. The molecule has 0 bridgehead atoms. The van der Waals surface area contributed by atoms with Gasteiger partial charge in [0.2, 0.25) is 5.91 Å². The molecule has 0 unspecified atom stereocenters. The van der Waals surface area contributed by atoms with Crippen molar-refractivity contribution in [2.75, 3.05) is 5.32 Å². The van der Waals surface area contributed by atoms with Gasteiger partial charge in [0.05, 0.1) is 11.1 Å². The fourth-order valence-electron chi connectivity index (χ4n) is 2.22. The maximum Gasteiger partial charge on any atom is 0.228 e. The molecule has 1 heterocycles. The molecule has 3 N–H and O–H groups in total. The fraction of sp³-hybridized carbons (Fsp3) is 0.538. The molecule has 1 saturated carbocycles. The number of nitrogens with two attached hydrogens (primary N) is 1. The van der Waals surface area contributed by atoms with Crippen LogP contribution in [0.5, 0.6) is 0 Å². The molecule has 0 radical (unpaired) electrons. The van der Waals surface area contributed by atoms with Gasteiger partial charge in [-0.25, -0.2) is 0 Å². The van der Waals surface area contributed by atoms with Crippen LogP contribution in [0.15, 0.2) is 11.4 Å². The van der Waals surface area contributed by atoms with Crippen molar-refractivity contribution in [3.05, 3.63) is 17.0 Å². The fourth-order valence-corrected chi connectivity index (χ4v) is 3.04. The summed E-state index contributed by atoms with van der Waals surface area (Å²) in [6, 6.07) is 4.13. The van der Waals surface area contributed by atoms with Crippen molar-refractivity contribution in [3.8, 4) is 6.07 Å². The molecule has 4 nitrogen and oxygen atoms in total. The zero-order valence-electron chi connectivity index (χ0n) is 10.4. The van der Waals surface area contributed by atoms with E-state index in [0.29, 0.717) is 25.7 Å². The first kappa shape index (κ1) is 13.1. The summed E-state index contributed by atoms with van der Waals surface area (Å²) in [7, 11) is 0. The SMILES string of the molecule is Cc1ccsc1NC(=O)C1CCC(N)(C#N)CC1. The van der Waals surface area contributed by atoms with E-state index in [9.17, 15) is 4.79 Å². The zero-order valence-corrected chi connectivity index (χ0v) is 11.2. The van der Waals surface area contributed by atoms with E-state index in [0.717, 1.165) is 10.6 Å². The van der Waals surface area contributed by atoms with E-state index in [-0.39, 0.29) is 11.8 Å². The van der Waals surface area contributed by atoms with Crippen LogP contribution in [-0.2, 0) is 4.79 Å². The average Bonchev–Trinajstić information content (AvgIpc) is 2.76. The van der Waals surface area contributed by atoms with Gasteiger partial charge in [-0.15, -0.1) is 11.3 Å². The van der Waals surface area contributed by atoms with E-state index < -0.39 is 5.54 Å². The Labute approximate surface area is 111 Å². The number of nitrogens with one attached hydrogen (secondary N) is 1. The normalized spacial score (nSPS) is 27.5. The maximum absolute atomic E-state index is 12.1. The molecule has 0 aliphatic heterocycles. The zero-order chi connectivity index (χ0) is 13.2. The quantitative estimate of drug-likeness (QED) is 0.860. The van der Waals surface area contributed by atoms with E-state index in [1.165, 1.54) is 11.3 Å². The molecule has 1 aromatic heterocycles. The number of nitriles is 1. The van der Waals surface area contributed by atoms with Gasteiger partial charge in [-0.3, -0.25) is 4.79 Å². The second-order valence-electron chi connectivity index (χ2n) is 4.96. The minimum atomic E-state index is -0.727. The molecule has 2 rings (SSSR count). The Hall–Kier alpha value is -1.38. The van der Waals surface area contributed by atoms with Crippen molar-refractivity contribution < 1.29 is 4.79 Å². The predicted molar refractivity (Wildman–Crippen MR) is 72.2 cm³/mol. The lowest BCUT2D eigenvalue weighted by molar-refractivity contribution is -0.120. The number of aryl methyl sites for hydroxylation is 1. The molecule has 1 aromatic rings. The largest absolute Gasteiger partial charge is 0.317 e. The highest BCUT2D eigenvalue weighted by Crippen LogP contribution is 2.31. The minimum absolute atomic E-state index is 0.0171. The summed E-state index contributed by atoms with van der Waals surface area (Å²) in [6.45, 7) is 1.98. The lowest BCUT2D eigenvalue weighted by Crippen LogP contribution is -2.43. The average molecular weight is 263 g/mol. The summed E-state index contributed by atoms with van der Waals surface area (Å²) >= 11 is 1.54. The van der Waals surface area contributed by atoms with Gasteiger partial charge < -0.3 is 11.1 Å². The van der Waals surface area contributed by atoms with Crippen molar-refractivity contribution in [1.82, 2.24) is 0 Å². The number of thiophene rings is 1. The van der Waals surface area contributed by atoms with Gasteiger partial charge in [-0.2, -0.15) is 5.26 Å². The highest BCUT2D eigenvalue weighted by molar-refractivity contribution is 7.14. The molecular formula is C13H17N3OS. The van der Waals surface area contributed by atoms with Gasteiger partial charge in [0.1, 0.15) is 5.54 Å². The Morgan fingerprint density at radius 2 is 2.28 bits per heavy atom. The first-order valence-corrected chi connectivity index (χ1v) is 6.97. The predicted octanol–water partition coefficient (Wildman–Crippen LogP) is 2.41. The van der Waals surface area contributed by atoms with Gasteiger partial charge in [-0.05, 0) is 49.6 Å². The number of carbonyl (C=O) groups excluding carboxylic acids is 1. The third kappa shape index (κ3) is 2.71. The van der Waals surface area contributed by atoms with E-state index >= 15 is 0 Å². The van der Waals surface area contributed by atoms with E-state index in [2.05, 4.69) is 11.4 Å².